The van der Waals surface area contributed by atoms with E-state index < -0.39 is 0 Å². The first-order valence-electron chi connectivity index (χ1n) is 6.31. The molecule has 7 heteroatoms. The minimum Gasteiger partial charge on any atom is -0.367 e. The summed E-state index contributed by atoms with van der Waals surface area (Å²) in [5.74, 6) is 0. The molecular formula is C13H14ClN3O2S. The van der Waals surface area contributed by atoms with Crippen LogP contribution in [0.2, 0.25) is 5.02 Å². The van der Waals surface area contributed by atoms with Crippen LogP contribution in [-0.4, -0.2) is 29.4 Å². The second-order valence-corrected chi connectivity index (χ2v) is 5.95. The molecule has 0 spiro atoms. The van der Waals surface area contributed by atoms with Crippen molar-refractivity contribution >= 4 is 28.6 Å². The Morgan fingerprint density at radius 1 is 1.55 bits per heavy atom. The first-order chi connectivity index (χ1) is 9.65. The van der Waals surface area contributed by atoms with Crippen LogP contribution in [0.5, 0.6) is 0 Å². The van der Waals surface area contributed by atoms with E-state index in [9.17, 15) is 4.79 Å². The monoisotopic (exact) mass is 311 g/mol. The molecule has 5 nitrogen and oxygen atoms in total. The van der Waals surface area contributed by atoms with Crippen molar-refractivity contribution < 1.29 is 4.74 Å². The zero-order chi connectivity index (χ0) is 14.1. The number of rotatable bonds is 2. The molecule has 2 aromatic rings. The highest BCUT2D eigenvalue weighted by atomic mass is 35.5. The van der Waals surface area contributed by atoms with E-state index in [2.05, 4.69) is 26.5 Å². The highest BCUT2D eigenvalue weighted by Gasteiger charge is 2.28. The number of halogens is 1. The Balaban J connectivity index is 1.90. The number of anilines is 1. The molecule has 0 radical (unpaired) electrons. The minimum absolute atomic E-state index is 0.0136. The molecule has 2 aromatic heterocycles. The fourth-order valence-corrected chi connectivity index (χ4v) is 3.30. The lowest BCUT2D eigenvalue weighted by molar-refractivity contribution is -0.0171. The summed E-state index contributed by atoms with van der Waals surface area (Å²) in [7, 11) is 0. The van der Waals surface area contributed by atoms with Crippen LogP contribution in [0.1, 0.15) is 18.6 Å². The number of aromatic amines is 1. The number of nitrogens with zero attached hydrogens (tertiary/aromatic N) is 2. The molecule has 0 aromatic carbocycles. The summed E-state index contributed by atoms with van der Waals surface area (Å²) in [5.41, 5.74) is 1.45. The lowest BCUT2D eigenvalue weighted by atomic mass is 10.1. The summed E-state index contributed by atoms with van der Waals surface area (Å²) in [6, 6.07) is 2.06. The second-order valence-electron chi connectivity index (χ2n) is 4.80. The summed E-state index contributed by atoms with van der Waals surface area (Å²) >= 11 is 7.73. The van der Waals surface area contributed by atoms with Crippen LogP contribution in [0.3, 0.4) is 0 Å². The van der Waals surface area contributed by atoms with Gasteiger partial charge in [0.15, 0.2) is 0 Å². The van der Waals surface area contributed by atoms with Crippen LogP contribution >= 0.6 is 22.9 Å². The van der Waals surface area contributed by atoms with Crippen molar-refractivity contribution in [1.82, 2.24) is 10.2 Å². The summed E-state index contributed by atoms with van der Waals surface area (Å²) in [5, 5.41) is 10.5. The van der Waals surface area contributed by atoms with Gasteiger partial charge in [0.05, 0.1) is 18.0 Å². The van der Waals surface area contributed by atoms with Crippen LogP contribution in [-0.2, 0) is 4.74 Å². The van der Waals surface area contributed by atoms with E-state index in [1.54, 1.807) is 17.5 Å². The number of thiophene rings is 1. The molecule has 20 heavy (non-hydrogen) atoms. The zero-order valence-electron chi connectivity index (χ0n) is 10.9. The molecule has 0 unspecified atom stereocenters. The third kappa shape index (κ3) is 2.59. The molecule has 0 amide bonds. The fraction of sp³-hybridized carbons (Fsp3) is 0.385. The van der Waals surface area contributed by atoms with Crippen molar-refractivity contribution in [3.05, 3.63) is 44.0 Å². The maximum atomic E-state index is 11.6. The Kier molecular flexibility index (Phi) is 3.78. The number of hydrogen-bond donors (Lipinski definition) is 1. The van der Waals surface area contributed by atoms with Gasteiger partial charge in [-0.15, -0.1) is 0 Å². The third-order valence-corrected chi connectivity index (χ3v) is 4.36. The van der Waals surface area contributed by atoms with Crippen molar-refractivity contribution in [3.8, 4) is 0 Å². The summed E-state index contributed by atoms with van der Waals surface area (Å²) in [4.78, 5) is 13.6. The molecule has 1 saturated heterocycles. The van der Waals surface area contributed by atoms with E-state index >= 15 is 0 Å². The van der Waals surface area contributed by atoms with Crippen LogP contribution in [0, 0.1) is 0 Å². The van der Waals surface area contributed by atoms with Gasteiger partial charge in [0.2, 0.25) is 0 Å². The van der Waals surface area contributed by atoms with Gasteiger partial charge in [0, 0.05) is 13.1 Å². The summed E-state index contributed by atoms with van der Waals surface area (Å²) in [6.07, 6.45) is 1.64. The van der Waals surface area contributed by atoms with E-state index in [0.717, 1.165) is 5.56 Å². The molecule has 3 rings (SSSR count). The second kappa shape index (κ2) is 5.55. The average Bonchev–Trinajstić information content (AvgIpc) is 2.95. The zero-order valence-corrected chi connectivity index (χ0v) is 12.4. The maximum Gasteiger partial charge on any atom is 0.285 e. The number of aromatic nitrogens is 2. The SMILES string of the molecule is C[C@@H]1CN(c2cn[nH]c(=O)c2Cl)C[C@H](c2ccsc2)O1. The Labute approximate surface area is 125 Å². The largest absolute Gasteiger partial charge is 0.367 e. The smallest absolute Gasteiger partial charge is 0.285 e. The Morgan fingerprint density at radius 3 is 3.15 bits per heavy atom. The number of hydrogen-bond acceptors (Lipinski definition) is 5. The lowest BCUT2D eigenvalue weighted by Gasteiger charge is -2.38. The first-order valence-corrected chi connectivity index (χ1v) is 7.63. The lowest BCUT2D eigenvalue weighted by Crippen LogP contribution is -2.43. The van der Waals surface area contributed by atoms with Gasteiger partial charge in [-0.05, 0) is 29.3 Å². The predicted octanol–water partition coefficient (Wildman–Crippen LogP) is 2.45. The first kappa shape index (κ1) is 13.6. The molecular weight excluding hydrogens is 298 g/mol. The number of nitrogens with one attached hydrogen (secondary N) is 1. The fourth-order valence-electron chi connectivity index (χ4n) is 2.39. The maximum absolute atomic E-state index is 11.6. The number of morpholine rings is 1. The quantitative estimate of drug-likeness (QED) is 0.925. The average molecular weight is 312 g/mol. The summed E-state index contributed by atoms with van der Waals surface area (Å²) < 4.78 is 5.97. The van der Waals surface area contributed by atoms with E-state index in [0.29, 0.717) is 18.8 Å². The number of H-pyrrole nitrogens is 1. The van der Waals surface area contributed by atoms with Crippen LogP contribution in [0.25, 0.3) is 0 Å². The molecule has 3 heterocycles. The van der Waals surface area contributed by atoms with Gasteiger partial charge >= 0.3 is 0 Å². The van der Waals surface area contributed by atoms with Crippen LogP contribution < -0.4 is 10.5 Å². The van der Waals surface area contributed by atoms with Gasteiger partial charge in [-0.3, -0.25) is 4.79 Å². The third-order valence-electron chi connectivity index (χ3n) is 3.29. The predicted molar refractivity (Wildman–Crippen MR) is 79.7 cm³/mol. The summed E-state index contributed by atoms with van der Waals surface area (Å²) in [6.45, 7) is 3.36. The van der Waals surface area contributed by atoms with Gasteiger partial charge in [0.1, 0.15) is 11.1 Å². The molecule has 1 aliphatic heterocycles. The Hall–Kier alpha value is -1.37. The van der Waals surface area contributed by atoms with Crippen molar-refractivity contribution in [1.29, 1.82) is 0 Å². The Morgan fingerprint density at radius 2 is 2.40 bits per heavy atom. The van der Waals surface area contributed by atoms with E-state index in [1.807, 2.05) is 12.3 Å². The van der Waals surface area contributed by atoms with Gasteiger partial charge in [-0.1, -0.05) is 11.6 Å². The highest BCUT2D eigenvalue weighted by molar-refractivity contribution is 7.07. The van der Waals surface area contributed by atoms with Crippen LogP contribution in [0.15, 0.2) is 27.8 Å². The van der Waals surface area contributed by atoms with E-state index in [4.69, 9.17) is 16.3 Å². The van der Waals surface area contributed by atoms with Gasteiger partial charge in [0.25, 0.3) is 5.56 Å². The molecule has 0 aliphatic carbocycles. The molecule has 106 valence electrons. The van der Waals surface area contributed by atoms with Crippen molar-refractivity contribution in [2.45, 2.75) is 19.1 Å². The molecule has 0 saturated carbocycles. The minimum atomic E-state index is -0.365. The molecule has 0 bridgehead atoms. The molecule has 1 fully saturated rings. The van der Waals surface area contributed by atoms with Crippen molar-refractivity contribution in [2.24, 2.45) is 0 Å². The van der Waals surface area contributed by atoms with E-state index in [-0.39, 0.29) is 22.8 Å². The van der Waals surface area contributed by atoms with Crippen LogP contribution in [0.4, 0.5) is 5.69 Å². The molecule has 2 atom stereocenters. The topological polar surface area (TPSA) is 58.2 Å². The Bertz CT molecular complexity index is 643. The van der Waals surface area contributed by atoms with Crippen molar-refractivity contribution in [2.75, 3.05) is 18.0 Å². The van der Waals surface area contributed by atoms with Gasteiger partial charge < -0.3 is 9.64 Å². The van der Waals surface area contributed by atoms with E-state index in [1.165, 1.54) is 0 Å². The molecule has 1 N–H and O–H groups in total. The molecule has 1 aliphatic rings. The standard InChI is InChI=1S/C13H14ClN3O2S/c1-8-5-17(10-4-15-16-13(18)12(10)14)6-11(19-8)9-2-3-20-7-9/h2-4,7-8,11H,5-6H2,1H3,(H,16,18)/t8-,11-/m1/s1. The number of ether oxygens (including phenoxy) is 1. The van der Waals surface area contributed by atoms with Gasteiger partial charge in [-0.2, -0.15) is 16.4 Å². The highest BCUT2D eigenvalue weighted by Crippen LogP contribution is 2.31. The van der Waals surface area contributed by atoms with Gasteiger partial charge in [-0.25, -0.2) is 5.10 Å². The normalized spacial score (nSPS) is 23.0. The van der Waals surface area contributed by atoms with Crippen molar-refractivity contribution in [3.63, 3.8) is 0 Å².